The molecule has 0 aliphatic rings. The standard InChI is InChI=1S/C22H26N2S2.C2H2O4/c1-18-3-7-20(8-4-18)14-25-16-22(13-24-12-11-23-17-24)26-15-21-9-5-19(2)6-10-21;3-1(4)2(5)6/h3-12,17,22H,13-16H2,1-2H3;(H,3,4)(H,5,6). The molecule has 0 fully saturated rings. The van der Waals surface area contributed by atoms with Gasteiger partial charge in [-0.25, -0.2) is 14.6 Å². The number of aryl methyl sites for hydroxylation is 2. The lowest BCUT2D eigenvalue weighted by molar-refractivity contribution is -0.159. The molecule has 8 heteroatoms. The molecule has 0 amide bonds. The van der Waals surface area contributed by atoms with Crippen molar-refractivity contribution >= 4 is 35.5 Å². The van der Waals surface area contributed by atoms with Crippen LogP contribution in [-0.4, -0.2) is 42.7 Å². The van der Waals surface area contributed by atoms with Gasteiger partial charge in [0.1, 0.15) is 0 Å². The van der Waals surface area contributed by atoms with Gasteiger partial charge < -0.3 is 14.8 Å². The molecule has 0 saturated heterocycles. The summed E-state index contributed by atoms with van der Waals surface area (Å²) in [7, 11) is 0. The Balaban J connectivity index is 0.000000534. The van der Waals surface area contributed by atoms with Gasteiger partial charge in [0.05, 0.1) is 6.33 Å². The van der Waals surface area contributed by atoms with Crippen LogP contribution in [0.15, 0.2) is 67.3 Å². The predicted molar refractivity (Wildman–Crippen MR) is 131 cm³/mol. The number of benzene rings is 2. The highest BCUT2D eigenvalue weighted by molar-refractivity contribution is 8.02. The normalized spacial score (nSPS) is 11.3. The molecule has 32 heavy (non-hydrogen) atoms. The monoisotopic (exact) mass is 472 g/mol. The first-order chi connectivity index (χ1) is 15.3. The van der Waals surface area contributed by atoms with E-state index in [1.165, 1.54) is 22.3 Å². The van der Waals surface area contributed by atoms with Gasteiger partial charge in [0.25, 0.3) is 0 Å². The van der Waals surface area contributed by atoms with Crippen LogP contribution in [0.2, 0.25) is 0 Å². The van der Waals surface area contributed by atoms with Crippen LogP contribution in [0.25, 0.3) is 0 Å². The van der Waals surface area contributed by atoms with Gasteiger partial charge in [-0.3, -0.25) is 0 Å². The zero-order chi connectivity index (χ0) is 23.3. The summed E-state index contributed by atoms with van der Waals surface area (Å²) in [5.41, 5.74) is 5.46. The SMILES string of the molecule is Cc1ccc(CSCC(Cn2ccnc2)SCc2ccc(C)cc2)cc1.O=C(O)C(=O)O. The van der Waals surface area contributed by atoms with Crippen molar-refractivity contribution in [1.29, 1.82) is 0 Å². The van der Waals surface area contributed by atoms with Crippen LogP contribution >= 0.6 is 23.5 Å². The maximum Gasteiger partial charge on any atom is 0.414 e. The van der Waals surface area contributed by atoms with Gasteiger partial charge in [0.2, 0.25) is 0 Å². The second-order valence-corrected chi connectivity index (χ2v) is 9.61. The van der Waals surface area contributed by atoms with Gasteiger partial charge in [-0.2, -0.15) is 23.5 Å². The first kappa shape index (κ1) is 25.5. The minimum Gasteiger partial charge on any atom is -0.473 e. The molecule has 0 aliphatic carbocycles. The molecule has 0 spiro atoms. The Bertz CT molecular complexity index is 947. The van der Waals surface area contributed by atoms with Crippen LogP contribution in [0, 0.1) is 13.8 Å². The molecule has 0 bridgehead atoms. The largest absolute Gasteiger partial charge is 0.473 e. The molecule has 1 unspecified atom stereocenters. The van der Waals surface area contributed by atoms with Crippen LogP contribution in [0.4, 0.5) is 0 Å². The van der Waals surface area contributed by atoms with E-state index in [0.717, 1.165) is 23.8 Å². The number of aliphatic carboxylic acids is 2. The number of nitrogens with zero attached hydrogens (tertiary/aromatic N) is 2. The van der Waals surface area contributed by atoms with Crippen molar-refractivity contribution < 1.29 is 19.8 Å². The fraction of sp³-hybridized carbons (Fsp3) is 0.292. The summed E-state index contributed by atoms with van der Waals surface area (Å²) < 4.78 is 2.19. The summed E-state index contributed by atoms with van der Waals surface area (Å²) in [4.78, 5) is 22.4. The third-order valence-electron chi connectivity index (χ3n) is 4.46. The Labute approximate surface area is 197 Å². The maximum atomic E-state index is 9.10. The summed E-state index contributed by atoms with van der Waals surface area (Å²) in [6, 6.07) is 17.8. The van der Waals surface area contributed by atoms with E-state index >= 15 is 0 Å². The van der Waals surface area contributed by atoms with Crippen molar-refractivity contribution in [3.05, 3.63) is 89.5 Å². The second kappa shape index (κ2) is 13.6. The number of hydrogen-bond acceptors (Lipinski definition) is 5. The third kappa shape index (κ3) is 10.1. The molecule has 1 aromatic heterocycles. The van der Waals surface area contributed by atoms with Crippen LogP contribution in [0.3, 0.4) is 0 Å². The minimum absolute atomic E-state index is 0.570. The van der Waals surface area contributed by atoms with E-state index in [1.807, 2.05) is 36.0 Å². The Morgan fingerprint density at radius 3 is 1.91 bits per heavy atom. The van der Waals surface area contributed by atoms with Crippen molar-refractivity contribution in [3.63, 3.8) is 0 Å². The predicted octanol–water partition coefficient (Wildman–Crippen LogP) is 4.89. The Morgan fingerprint density at radius 1 is 0.906 bits per heavy atom. The molecule has 3 aromatic rings. The van der Waals surface area contributed by atoms with E-state index in [4.69, 9.17) is 19.8 Å². The lowest BCUT2D eigenvalue weighted by Gasteiger charge is -2.17. The van der Waals surface area contributed by atoms with E-state index in [-0.39, 0.29) is 0 Å². The zero-order valence-corrected chi connectivity index (χ0v) is 19.8. The van der Waals surface area contributed by atoms with Gasteiger partial charge in [0.15, 0.2) is 0 Å². The topological polar surface area (TPSA) is 92.4 Å². The first-order valence-electron chi connectivity index (χ1n) is 10.1. The fourth-order valence-electron chi connectivity index (χ4n) is 2.67. The highest BCUT2D eigenvalue weighted by atomic mass is 32.2. The van der Waals surface area contributed by atoms with E-state index in [0.29, 0.717) is 5.25 Å². The molecule has 2 aromatic carbocycles. The van der Waals surface area contributed by atoms with Gasteiger partial charge in [-0.1, -0.05) is 59.7 Å². The van der Waals surface area contributed by atoms with Crippen LogP contribution in [0.1, 0.15) is 22.3 Å². The number of carboxylic acid groups (broad SMARTS) is 2. The third-order valence-corrected chi connectivity index (χ3v) is 7.13. The van der Waals surface area contributed by atoms with Crippen molar-refractivity contribution in [2.45, 2.75) is 37.1 Å². The van der Waals surface area contributed by atoms with Crippen molar-refractivity contribution in [2.24, 2.45) is 0 Å². The Hall–Kier alpha value is -2.71. The van der Waals surface area contributed by atoms with Crippen LogP contribution in [-0.2, 0) is 27.6 Å². The molecule has 1 heterocycles. The summed E-state index contributed by atoms with van der Waals surface area (Å²) in [6.07, 6.45) is 5.84. The maximum absolute atomic E-state index is 9.10. The van der Waals surface area contributed by atoms with Gasteiger partial charge in [0, 0.05) is 41.4 Å². The number of thioether (sulfide) groups is 2. The molecule has 0 saturated carbocycles. The Morgan fingerprint density at radius 2 is 1.44 bits per heavy atom. The molecule has 6 nitrogen and oxygen atoms in total. The zero-order valence-electron chi connectivity index (χ0n) is 18.2. The average Bonchev–Trinajstić information content (AvgIpc) is 3.28. The summed E-state index contributed by atoms with van der Waals surface area (Å²) in [6.45, 7) is 5.29. The van der Waals surface area contributed by atoms with Gasteiger partial charge in [-0.15, -0.1) is 0 Å². The molecule has 1 atom stereocenters. The molecule has 170 valence electrons. The van der Waals surface area contributed by atoms with Gasteiger partial charge >= 0.3 is 11.9 Å². The highest BCUT2D eigenvalue weighted by Crippen LogP contribution is 2.25. The number of imidazole rings is 1. The number of aromatic nitrogens is 2. The van der Waals surface area contributed by atoms with E-state index in [2.05, 4.69) is 78.1 Å². The summed E-state index contributed by atoms with van der Waals surface area (Å²) in [5, 5.41) is 15.4. The summed E-state index contributed by atoms with van der Waals surface area (Å²) in [5.74, 6) is -0.371. The number of hydrogen-bond donors (Lipinski definition) is 2. The quantitative estimate of drug-likeness (QED) is 0.428. The first-order valence-corrected chi connectivity index (χ1v) is 12.3. The molecule has 0 radical (unpaired) electrons. The van der Waals surface area contributed by atoms with Crippen LogP contribution in [0.5, 0.6) is 0 Å². The molecular weight excluding hydrogens is 444 g/mol. The molecule has 0 aliphatic heterocycles. The average molecular weight is 473 g/mol. The Kier molecular flexibility index (Phi) is 10.9. The van der Waals surface area contributed by atoms with Crippen molar-refractivity contribution in [1.82, 2.24) is 9.55 Å². The van der Waals surface area contributed by atoms with E-state index < -0.39 is 11.9 Å². The summed E-state index contributed by atoms with van der Waals surface area (Å²) >= 11 is 4.07. The fourth-order valence-corrected chi connectivity index (χ4v) is 5.16. The van der Waals surface area contributed by atoms with Gasteiger partial charge in [-0.05, 0) is 25.0 Å². The second-order valence-electron chi connectivity index (χ2n) is 7.29. The molecule has 2 N–H and O–H groups in total. The van der Waals surface area contributed by atoms with E-state index in [9.17, 15) is 0 Å². The molecular formula is C24H28N2O4S2. The number of carboxylic acids is 2. The minimum atomic E-state index is -1.82. The van der Waals surface area contributed by atoms with E-state index in [1.54, 1.807) is 0 Å². The highest BCUT2D eigenvalue weighted by Gasteiger charge is 2.11. The number of carbonyl (C=O) groups is 2. The van der Waals surface area contributed by atoms with Crippen molar-refractivity contribution in [2.75, 3.05) is 5.75 Å². The lowest BCUT2D eigenvalue weighted by atomic mass is 10.2. The smallest absolute Gasteiger partial charge is 0.414 e. The number of rotatable bonds is 9. The molecule has 3 rings (SSSR count). The van der Waals surface area contributed by atoms with Crippen LogP contribution < -0.4 is 0 Å². The van der Waals surface area contributed by atoms with Crippen molar-refractivity contribution in [3.8, 4) is 0 Å². The lowest BCUT2D eigenvalue weighted by Crippen LogP contribution is -2.15.